The van der Waals surface area contributed by atoms with Gasteiger partial charge in [0, 0.05) is 0 Å². The molecule has 0 saturated heterocycles. The van der Waals surface area contributed by atoms with Gasteiger partial charge in [-0.3, -0.25) is 0 Å². The summed E-state index contributed by atoms with van der Waals surface area (Å²) in [5.74, 6) is 0. The summed E-state index contributed by atoms with van der Waals surface area (Å²) in [6, 6.07) is 0. The average molecular weight is 159 g/mol. The minimum absolute atomic E-state index is 1.25. The van der Waals surface area contributed by atoms with E-state index >= 15 is 0 Å². The molecule has 10 heavy (non-hydrogen) atoms. The van der Waals surface area contributed by atoms with E-state index in [1.165, 1.54) is 49.2 Å². The number of hydrogen-bond donors (Lipinski definition) is 0. The summed E-state index contributed by atoms with van der Waals surface area (Å²) in [5.41, 5.74) is 0. The fourth-order valence-corrected chi connectivity index (χ4v) is 1.89. The summed E-state index contributed by atoms with van der Waals surface area (Å²) in [6.45, 7) is 7.17. The Morgan fingerprint density at radius 3 is 2.20 bits per heavy atom. The Morgan fingerprint density at radius 1 is 1.00 bits per heavy atom. The molecule has 0 amide bonds. The Kier molecular flexibility index (Phi) is 7.41. The van der Waals surface area contributed by atoms with Crippen molar-refractivity contribution in [1.29, 1.82) is 0 Å². The number of unbranched alkanes of at least 4 members (excludes halogenated alkanes) is 2. The number of hydrogen-bond acceptors (Lipinski definition) is 1. The highest BCUT2D eigenvalue weighted by Gasteiger charge is 1.93. The van der Waals surface area contributed by atoms with Crippen LogP contribution in [0.4, 0.5) is 0 Å². The molecule has 0 atom stereocenters. The fourth-order valence-electron chi connectivity index (χ4n) is 1.13. The Bertz CT molecular complexity index is 66.3. The predicted molar refractivity (Wildman–Crippen MR) is 51.3 cm³/mol. The normalized spacial score (nSPS) is 11.1. The second-order valence-corrected chi connectivity index (χ2v) is 4.28. The van der Waals surface area contributed by atoms with Crippen LogP contribution in [0.5, 0.6) is 0 Å². The van der Waals surface area contributed by atoms with Gasteiger partial charge < -0.3 is 4.57 Å². The second kappa shape index (κ2) is 7.29. The van der Waals surface area contributed by atoms with Crippen LogP contribution in [0.25, 0.3) is 0 Å². The van der Waals surface area contributed by atoms with Crippen molar-refractivity contribution in [2.24, 2.45) is 0 Å². The molecule has 0 aliphatic carbocycles. The average Bonchev–Trinajstić information content (AvgIpc) is 1.89. The first-order chi connectivity index (χ1) is 4.81. The van der Waals surface area contributed by atoms with Gasteiger partial charge >= 0.3 is 0 Å². The molecular weight excluding hydrogens is 138 g/mol. The zero-order valence-electron chi connectivity index (χ0n) is 7.69. The molecule has 0 aliphatic heterocycles. The largest absolute Gasteiger partial charge is 0.332 e. The molecule has 0 radical (unpaired) electrons. The molecule has 0 rings (SSSR count). The van der Waals surface area contributed by atoms with Crippen LogP contribution in [-0.4, -0.2) is 28.1 Å². The van der Waals surface area contributed by atoms with Gasteiger partial charge in [-0.25, -0.2) is 0 Å². The third kappa shape index (κ3) is 6.30. The molecular formula is C8H21NSi. The fraction of sp³-hybridized carbons (Fsp3) is 1.00. The summed E-state index contributed by atoms with van der Waals surface area (Å²) in [5, 5.41) is 0. The van der Waals surface area contributed by atoms with Crippen molar-refractivity contribution in [2.75, 3.05) is 13.1 Å². The standard InChI is InChI=1S/C8H21NSi/c1-3-5-6-8-9(10)7-4-2/h3-8H2,1-2,10H3. The van der Waals surface area contributed by atoms with E-state index in [-0.39, 0.29) is 0 Å². The number of rotatable bonds is 6. The van der Waals surface area contributed by atoms with Crippen LogP contribution in [-0.2, 0) is 0 Å². The molecule has 0 N–H and O–H groups in total. The molecule has 0 unspecified atom stereocenters. The third-order valence-corrected chi connectivity index (χ3v) is 2.64. The van der Waals surface area contributed by atoms with Crippen LogP contribution < -0.4 is 0 Å². The van der Waals surface area contributed by atoms with Gasteiger partial charge in [0.05, 0.1) is 10.4 Å². The van der Waals surface area contributed by atoms with Gasteiger partial charge in [-0.1, -0.05) is 26.7 Å². The summed E-state index contributed by atoms with van der Waals surface area (Å²) in [4.78, 5) is 0. The van der Waals surface area contributed by atoms with Crippen LogP contribution in [0.2, 0.25) is 0 Å². The van der Waals surface area contributed by atoms with E-state index in [0.29, 0.717) is 0 Å². The molecule has 0 fully saturated rings. The van der Waals surface area contributed by atoms with Crippen molar-refractivity contribution in [2.45, 2.75) is 39.5 Å². The van der Waals surface area contributed by atoms with Crippen LogP contribution in [0, 0.1) is 0 Å². The van der Waals surface area contributed by atoms with Crippen molar-refractivity contribution in [3.8, 4) is 0 Å². The quantitative estimate of drug-likeness (QED) is 0.415. The Hall–Kier alpha value is 0.177. The van der Waals surface area contributed by atoms with Gasteiger partial charge in [-0.15, -0.1) is 0 Å². The smallest absolute Gasteiger partial charge is 0.0784 e. The lowest BCUT2D eigenvalue weighted by Crippen LogP contribution is -2.21. The lowest BCUT2D eigenvalue weighted by atomic mass is 10.2. The molecule has 0 aromatic heterocycles. The summed E-state index contributed by atoms with van der Waals surface area (Å²) in [7, 11) is 1.25. The molecule has 0 bridgehead atoms. The van der Waals surface area contributed by atoms with E-state index in [1.807, 2.05) is 0 Å². The van der Waals surface area contributed by atoms with E-state index in [0.717, 1.165) is 0 Å². The van der Waals surface area contributed by atoms with E-state index in [4.69, 9.17) is 0 Å². The first kappa shape index (κ1) is 10.2. The van der Waals surface area contributed by atoms with E-state index in [1.54, 1.807) is 0 Å². The van der Waals surface area contributed by atoms with E-state index in [2.05, 4.69) is 18.4 Å². The molecule has 2 heteroatoms. The Morgan fingerprint density at radius 2 is 1.70 bits per heavy atom. The number of nitrogens with zero attached hydrogens (tertiary/aromatic N) is 1. The molecule has 0 aliphatic rings. The Labute approximate surface area is 68.3 Å². The summed E-state index contributed by atoms with van der Waals surface area (Å²) >= 11 is 0. The lowest BCUT2D eigenvalue weighted by Gasteiger charge is -2.14. The van der Waals surface area contributed by atoms with Gasteiger partial charge in [-0.2, -0.15) is 0 Å². The van der Waals surface area contributed by atoms with Gasteiger partial charge in [0.2, 0.25) is 0 Å². The first-order valence-electron chi connectivity index (χ1n) is 4.49. The zero-order chi connectivity index (χ0) is 7.82. The highest BCUT2D eigenvalue weighted by atomic mass is 28.2. The summed E-state index contributed by atoms with van der Waals surface area (Å²) in [6.07, 6.45) is 5.47. The molecule has 0 aromatic carbocycles. The molecule has 0 aromatic rings. The van der Waals surface area contributed by atoms with Crippen molar-refractivity contribution in [1.82, 2.24) is 4.57 Å². The molecule has 1 nitrogen and oxygen atoms in total. The SMILES string of the molecule is CCCCCN([SiH3])CCC. The van der Waals surface area contributed by atoms with Crippen molar-refractivity contribution < 1.29 is 0 Å². The van der Waals surface area contributed by atoms with Gasteiger partial charge in [0.15, 0.2) is 0 Å². The van der Waals surface area contributed by atoms with Crippen LogP contribution in [0.1, 0.15) is 39.5 Å². The maximum Gasteiger partial charge on any atom is 0.0784 e. The van der Waals surface area contributed by atoms with Crippen LogP contribution >= 0.6 is 0 Å². The lowest BCUT2D eigenvalue weighted by molar-refractivity contribution is 0.433. The Balaban J connectivity index is 2.97. The molecule has 0 saturated carbocycles. The minimum Gasteiger partial charge on any atom is -0.332 e. The van der Waals surface area contributed by atoms with E-state index in [9.17, 15) is 0 Å². The maximum absolute atomic E-state index is 2.55. The topological polar surface area (TPSA) is 3.24 Å². The second-order valence-electron chi connectivity index (χ2n) is 3.01. The summed E-state index contributed by atoms with van der Waals surface area (Å²) < 4.78 is 2.55. The monoisotopic (exact) mass is 159 g/mol. The first-order valence-corrected chi connectivity index (χ1v) is 5.39. The van der Waals surface area contributed by atoms with Gasteiger partial charge in [0.1, 0.15) is 0 Å². The highest BCUT2D eigenvalue weighted by Crippen LogP contribution is 1.95. The molecule has 62 valence electrons. The van der Waals surface area contributed by atoms with Crippen molar-refractivity contribution in [3.63, 3.8) is 0 Å². The highest BCUT2D eigenvalue weighted by molar-refractivity contribution is 6.04. The predicted octanol–water partition coefficient (Wildman–Crippen LogP) is 1.17. The van der Waals surface area contributed by atoms with Crippen molar-refractivity contribution >= 4 is 10.4 Å². The molecule has 0 heterocycles. The minimum atomic E-state index is 1.25. The zero-order valence-corrected chi connectivity index (χ0v) is 9.69. The molecule has 0 spiro atoms. The van der Waals surface area contributed by atoms with Crippen LogP contribution in [0.15, 0.2) is 0 Å². The van der Waals surface area contributed by atoms with Gasteiger partial charge in [-0.05, 0) is 25.9 Å². The third-order valence-electron chi connectivity index (χ3n) is 1.75. The maximum atomic E-state index is 2.55. The van der Waals surface area contributed by atoms with Gasteiger partial charge in [0.25, 0.3) is 0 Å². The van der Waals surface area contributed by atoms with Crippen molar-refractivity contribution in [3.05, 3.63) is 0 Å². The van der Waals surface area contributed by atoms with E-state index < -0.39 is 0 Å². The van der Waals surface area contributed by atoms with Crippen LogP contribution in [0.3, 0.4) is 0 Å².